The van der Waals surface area contributed by atoms with Gasteiger partial charge in [-0.1, -0.05) is 0 Å². The standard InChI is InChI=1S/C14H20N6O2/c1-22-13-17-11(19-6-4-15-5-7-19)10-12(18-13)20(14(21)16-10)8-9-2-3-9/h9,15H,2-8H2,1H3,(H,16,21). The van der Waals surface area contributed by atoms with E-state index in [0.29, 0.717) is 23.1 Å². The van der Waals surface area contributed by atoms with Crippen LogP contribution in [0.5, 0.6) is 6.01 Å². The maximum atomic E-state index is 12.3. The minimum absolute atomic E-state index is 0.110. The van der Waals surface area contributed by atoms with Crippen molar-refractivity contribution in [2.24, 2.45) is 5.92 Å². The van der Waals surface area contributed by atoms with Crippen molar-refractivity contribution in [3.05, 3.63) is 10.5 Å². The van der Waals surface area contributed by atoms with E-state index in [4.69, 9.17) is 4.74 Å². The Balaban J connectivity index is 1.85. The summed E-state index contributed by atoms with van der Waals surface area (Å²) in [6.07, 6.45) is 2.37. The number of H-pyrrole nitrogens is 1. The van der Waals surface area contributed by atoms with Gasteiger partial charge in [-0.05, 0) is 18.8 Å². The molecule has 0 unspecified atom stereocenters. The predicted octanol–water partition coefficient (Wildman–Crippen LogP) is -0.0522. The maximum Gasteiger partial charge on any atom is 0.327 e. The Morgan fingerprint density at radius 1 is 1.27 bits per heavy atom. The molecule has 1 aliphatic carbocycles. The van der Waals surface area contributed by atoms with E-state index >= 15 is 0 Å². The minimum atomic E-state index is -0.110. The Morgan fingerprint density at radius 2 is 2.05 bits per heavy atom. The number of ether oxygens (including phenoxy) is 1. The maximum absolute atomic E-state index is 12.3. The van der Waals surface area contributed by atoms with Crippen LogP contribution in [0.1, 0.15) is 12.8 Å². The second-order valence-electron chi connectivity index (χ2n) is 5.95. The summed E-state index contributed by atoms with van der Waals surface area (Å²) in [5.74, 6) is 1.36. The fourth-order valence-electron chi connectivity index (χ4n) is 2.92. The molecule has 0 radical (unpaired) electrons. The van der Waals surface area contributed by atoms with Crippen LogP contribution in [0.3, 0.4) is 0 Å². The molecule has 0 atom stereocenters. The van der Waals surface area contributed by atoms with Crippen molar-refractivity contribution in [3.8, 4) is 6.01 Å². The largest absolute Gasteiger partial charge is 0.467 e. The lowest BCUT2D eigenvalue weighted by Gasteiger charge is -2.28. The van der Waals surface area contributed by atoms with E-state index in [0.717, 1.165) is 38.5 Å². The zero-order chi connectivity index (χ0) is 15.1. The number of aromatic nitrogens is 4. The molecule has 118 valence electrons. The summed E-state index contributed by atoms with van der Waals surface area (Å²) in [4.78, 5) is 26.3. The number of hydrogen-bond donors (Lipinski definition) is 2. The molecule has 3 heterocycles. The summed E-state index contributed by atoms with van der Waals surface area (Å²) >= 11 is 0. The van der Waals surface area contributed by atoms with E-state index in [1.165, 1.54) is 12.8 Å². The van der Waals surface area contributed by atoms with Gasteiger partial charge in [0.05, 0.1) is 7.11 Å². The van der Waals surface area contributed by atoms with E-state index in [1.807, 2.05) is 0 Å². The van der Waals surface area contributed by atoms with Crippen molar-refractivity contribution in [1.29, 1.82) is 0 Å². The zero-order valence-corrected chi connectivity index (χ0v) is 12.6. The quantitative estimate of drug-likeness (QED) is 0.823. The van der Waals surface area contributed by atoms with Gasteiger partial charge in [0.25, 0.3) is 0 Å². The number of methoxy groups -OCH3 is 1. The highest BCUT2D eigenvalue weighted by Crippen LogP contribution is 2.32. The molecule has 2 aromatic rings. The van der Waals surface area contributed by atoms with E-state index in [1.54, 1.807) is 11.7 Å². The van der Waals surface area contributed by atoms with E-state index < -0.39 is 0 Å². The van der Waals surface area contributed by atoms with Crippen LogP contribution in [0.15, 0.2) is 4.79 Å². The Labute approximate surface area is 127 Å². The van der Waals surface area contributed by atoms with Crippen LogP contribution in [-0.2, 0) is 6.54 Å². The number of aromatic amines is 1. The van der Waals surface area contributed by atoms with Crippen molar-refractivity contribution >= 4 is 17.0 Å². The number of rotatable bonds is 4. The highest BCUT2D eigenvalue weighted by molar-refractivity contribution is 5.84. The van der Waals surface area contributed by atoms with Crippen molar-refractivity contribution in [3.63, 3.8) is 0 Å². The monoisotopic (exact) mass is 304 g/mol. The highest BCUT2D eigenvalue weighted by atomic mass is 16.5. The Hall–Kier alpha value is -2.09. The van der Waals surface area contributed by atoms with Gasteiger partial charge >= 0.3 is 11.7 Å². The van der Waals surface area contributed by atoms with Crippen LogP contribution in [0.4, 0.5) is 5.82 Å². The third kappa shape index (κ3) is 2.33. The average Bonchev–Trinajstić information content (AvgIpc) is 3.32. The topological polar surface area (TPSA) is 88.1 Å². The van der Waals surface area contributed by atoms with E-state index in [9.17, 15) is 4.79 Å². The molecule has 2 N–H and O–H groups in total. The van der Waals surface area contributed by atoms with Gasteiger partial charge in [0.1, 0.15) is 5.52 Å². The fraction of sp³-hybridized carbons (Fsp3) is 0.643. The van der Waals surface area contributed by atoms with Gasteiger partial charge in [-0.25, -0.2) is 4.79 Å². The van der Waals surface area contributed by atoms with Gasteiger partial charge in [-0.3, -0.25) is 4.57 Å². The SMILES string of the molecule is COc1nc(N2CCNCC2)c2[nH]c(=O)n(CC3CC3)c2n1. The molecule has 4 rings (SSSR count). The lowest BCUT2D eigenvalue weighted by molar-refractivity contribution is 0.380. The summed E-state index contributed by atoms with van der Waals surface area (Å²) in [5, 5.41) is 3.32. The van der Waals surface area contributed by atoms with Crippen LogP contribution >= 0.6 is 0 Å². The van der Waals surface area contributed by atoms with E-state index in [-0.39, 0.29) is 5.69 Å². The molecule has 8 heteroatoms. The van der Waals surface area contributed by atoms with Crippen LogP contribution < -0.4 is 20.6 Å². The van der Waals surface area contributed by atoms with Gasteiger partial charge in [-0.2, -0.15) is 9.97 Å². The molecule has 8 nitrogen and oxygen atoms in total. The van der Waals surface area contributed by atoms with Gasteiger partial charge in [0, 0.05) is 32.7 Å². The second kappa shape index (κ2) is 5.28. The number of anilines is 1. The first-order chi connectivity index (χ1) is 10.8. The molecule has 22 heavy (non-hydrogen) atoms. The number of hydrogen-bond acceptors (Lipinski definition) is 6. The van der Waals surface area contributed by atoms with Gasteiger partial charge < -0.3 is 19.9 Å². The second-order valence-corrected chi connectivity index (χ2v) is 5.95. The van der Waals surface area contributed by atoms with Crippen LogP contribution in [0, 0.1) is 5.92 Å². The number of imidazole rings is 1. The Morgan fingerprint density at radius 3 is 2.73 bits per heavy atom. The van der Waals surface area contributed by atoms with Crippen LogP contribution in [0.2, 0.25) is 0 Å². The number of piperazine rings is 1. The molecule has 2 fully saturated rings. The van der Waals surface area contributed by atoms with Gasteiger partial charge in [0.2, 0.25) is 0 Å². The van der Waals surface area contributed by atoms with Crippen molar-refractivity contribution < 1.29 is 4.74 Å². The van der Waals surface area contributed by atoms with Crippen molar-refractivity contribution in [1.82, 2.24) is 24.8 Å². The van der Waals surface area contributed by atoms with Crippen LogP contribution in [-0.4, -0.2) is 52.8 Å². The predicted molar refractivity (Wildman–Crippen MR) is 82.5 cm³/mol. The summed E-state index contributed by atoms with van der Waals surface area (Å²) in [6.45, 7) is 4.23. The van der Waals surface area contributed by atoms with E-state index in [2.05, 4.69) is 25.2 Å². The third-order valence-electron chi connectivity index (χ3n) is 4.32. The molecular weight excluding hydrogens is 284 g/mol. The van der Waals surface area contributed by atoms with Crippen molar-refractivity contribution in [2.45, 2.75) is 19.4 Å². The lowest BCUT2D eigenvalue weighted by Crippen LogP contribution is -2.44. The first-order valence-electron chi connectivity index (χ1n) is 7.76. The molecular formula is C14H20N6O2. The summed E-state index contributed by atoms with van der Waals surface area (Å²) in [5.41, 5.74) is 1.26. The summed E-state index contributed by atoms with van der Waals surface area (Å²) in [6, 6.07) is 0.310. The lowest BCUT2D eigenvalue weighted by atomic mass is 10.3. The molecule has 2 aromatic heterocycles. The summed E-state index contributed by atoms with van der Waals surface area (Å²) in [7, 11) is 1.55. The third-order valence-corrected chi connectivity index (χ3v) is 4.32. The molecule has 2 aliphatic rings. The normalized spacial score (nSPS) is 18.9. The van der Waals surface area contributed by atoms with Crippen molar-refractivity contribution in [2.75, 3.05) is 38.2 Å². The highest BCUT2D eigenvalue weighted by Gasteiger charge is 2.26. The number of fused-ring (bicyclic) bond motifs is 1. The number of nitrogens with one attached hydrogen (secondary N) is 2. The first kappa shape index (κ1) is 13.6. The van der Waals surface area contributed by atoms with Crippen LogP contribution in [0.25, 0.3) is 11.2 Å². The van der Waals surface area contributed by atoms with Gasteiger partial charge in [-0.15, -0.1) is 0 Å². The molecule has 0 spiro atoms. The molecule has 0 bridgehead atoms. The smallest absolute Gasteiger partial charge is 0.327 e. The minimum Gasteiger partial charge on any atom is -0.467 e. The van der Waals surface area contributed by atoms with Gasteiger partial charge in [0.15, 0.2) is 11.5 Å². The Kier molecular flexibility index (Phi) is 3.25. The number of nitrogens with zero attached hydrogens (tertiary/aromatic N) is 4. The molecule has 1 aliphatic heterocycles. The Bertz CT molecular complexity index is 742. The average molecular weight is 304 g/mol. The molecule has 1 saturated heterocycles. The zero-order valence-electron chi connectivity index (χ0n) is 12.6. The molecule has 0 amide bonds. The molecule has 1 saturated carbocycles. The first-order valence-corrected chi connectivity index (χ1v) is 7.76. The molecule has 0 aromatic carbocycles. The fourth-order valence-corrected chi connectivity index (χ4v) is 2.92. The summed E-state index contributed by atoms with van der Waals surface area (Å²) < 4.78 is 6.97.